The van der Waals surface area contributed by atoms with Crippen molar-refractivity contribution in [3.05, 3.63) is 82.2 Å². The van der Waals surface area contributed by atoms with Gasteiger partial charge in [-0.2, -0.15) is 13.2 Å². The second-order valence-corrected chi connectivity index (χ2v) is 22.6. The van der Waals surface area contributed by atoms with E-state index in [-0.39, 0.29) is 30.1 Å². The molecule has 4 aromatic carbocycles. The van der Waals surface area contributed by atoms with E-state index in [9.17, 15) is 38.7 Å². The monoisotopic (exact) mass is 2080 g/mol. The number of hydrogen-bond donors (Lipinski definition) is 5. The molecule has 0 saturated carbocycles. The summed E-state index contributed by atoms with van der Waals surface area (Å²) >= 11 is 32.8. The highest BCUT2D eigenvalue weighted by Crippen LogP contribution is 2.42. The molecular formula is C25H9BrClF3I12O5. The van der Waals surface area contributed by atoms with Crippen molar-refractivity contribution in [2.45, 2.75) is 6.18 Å². The van der Waals surface area contributed by atoms with Crippen molar-refractivity contribution in [2.75, 3.05) is 0 Å². The van der Waals surface area contributed by atoms with Crippen molar-refractivity contribution >= 4 is 299 Å². The Labute approximate surface area is 444 Å². The molecule has 5 N–H and O–H groups in total. The van der Waals surface area contributed by atoms with Gasteiger partial charge >= 0.3 is 6.18 Å². The summed E-state index contributed by atoms with van der Waals surface area (Å²) in [5, 5.41) is 47.5. The Morgan fingerprint density at radius 2 is 0.745 bits per heavy atom. The molecule has 0 saturated heterocycles. The molecule has 0 spiro atoms. The molecule has 0 aliphatic carbocycles. The van der Waals surface area contributed by atoms with Gasteiger partial charge in [0.05, 0.1) is 42.7 Å². The molecule has 0 aromatic heterocycles. The van der Waals surface area contributed by atoms with Crippen LogP contribution in [0.15, 0.2) is 28.7 Å². The lowest BCUT2D eigenvalue weighted by atomic mass is 10.2. The van der Waals surface area contributed by atoms with E-state index >= 15 is 0 Å². The summed E-state index contributed by atoms with van der Waals surface area (Å²) < 4.78 is 46.3. The maximum Gasteiger partial charge on any atom is 0.418 e. The summed E-state index contributed by atoms with van der Waals surface area (Å²) in [7, 11) is 0. The van der Waals surface area contributed by atoms with Gasteiger partial charge in [0.2, 0.25) is 0 Å². The van der Waals surface area contributed by atoms with E-state index in [1.54, 1.807) is 51.2 Å². The summed E-state index contributed by atoms with van der Waals surface area (Å²) in [4.78, 5) is 0. The molecule has 5 nitrogen and oxygen atoms in total. The van der Waals surface area contributed by atoms with Gasteiger partial charge in [0, 0.05) is 15.2 Å². The third-order valence-electron chi connectivity index (χ3n) is 4.73. The zero-order valence-electron chi connectivity index (χ0n) is 21.5. The van der Waals surface area contributed by atoms with Crippen LogP contribution in [0.2, 0.25) is 5.02 Å². The summed E-state index contributed by atoms with van der Waals surface area (Å²) in [6, 6.07) is 6.82. The van der Waals surface area contributed by atoms with Crippen LogP contribution in [-0.2, 0) is 6.18 Å². The molecule has 0 atom stereocenters. The Hall–Kier alpha value is 5.20. The summed E-state index contributed by atoms with van der Waals surface area (Å²) in [5.41, 5.74) is -0.767. The van der Waals surface area contributed by atoms with Crippen molar-refractivity contribution in [3.8, 4) is 28.7 Å². The fourth-order valence-electron chi connectivity index (χ4n) is 2.52. The smallest absolute Gasteiger partial charge is 0.418 e. The molecule has 47 heavy (non-hydrogen) atoms. The molecule has 22 heteroatoms. The molecule has 0 aliphatic rings. The number of aromatic hydroxyl groups is 5. The Kier molecular flexibility index (Phi) is 24.4. The Bertz CT molecular complexity index is 1570. The van der Waals surface area contributed by atoms with Crippen LogP contribution >= 0.6 is 299 Å². The van der Waals surface area contributed by atoms with Crippen LogP contribution in [0.3, 0.4) is 0 Å². The highest BCUT2D eigenvalue weighted by molar-refractivity contribution is 14.1. The maximum absolute atomic E-state index is 12.5. The Balaban J connectivity index is 0.000000315. The number of halogens is 17. The molecule has 0 unspecified atom stereocenters. The van der Waals surface area contributed by atoms with Crippen LogP contribution in [0.25, 0.3) is 0 Å². The predicted octanol–water partition coefficient (Wildman–Crippen LogP) is 15.0. The summed E-state index contributed by atoms with van der Waals surface area (Å²) in [6.45, 7) is 0. The van der Waals surface area contributed by atoms with Crippen molar-refractivity contribution in [2.24, 2.45) is 0 Å². The number of rotatable bonds is 0. The molecule has 4 rings (SSSR count). The van der Waals surface area contributed by atoms with E-state index in [4.69, 9.17) is 11.6 Å². The molecule has 258 valence electrons. The third kappa shape index (κ3) is 14.9. The van der Waals surface area contributed by atoms with Crippen LogP contribution in [0.1, 0.15) is 5.56 Å². The molecule has 0 amide bonds. The van der Waals surface area contributed by atoms with Crippen molar-refractivity contribution in [3.63, 3.8) is 0 Å². The van der Waals surface area contributed by atoms with Gasteiger partial charge in [0.1, 0.15) is 28.7 Å². The Morgan fingerprint density at radius 3 is 1.15 bits per heavy atom. The first-order valence-corrected chi connectivity index (χ1v) is 25.0. The van der Waals surface area contributed by atoms with Gasteiger partial charge in [-0.05, 0) is 311 Å². The highest BCUT2D eigenvalue weighted by atomic mass is 127. The normalized spacial score (nSPS) is 10.7. The SMILES string of the molecule is Oc1c(I)cc(I)c(Br)c1I.Oc1c(I)cc(I)c(C(F)(F)F)c1I.Oc1c(I)cc(I)c(Cl)c1I.Oc1c(I)cc(I)c(O)c1I. The van der Waals surface area contributed by atoms with Gasteiger partial charge in [0.15, 0.2) is 0 Å². The quantitative estimate of drug-likeness (QED) is 0.0686. The molecule has 0 heterocycles. The van der Waals surface area contributed by atoms with Gasteiger partial charge in [-0.3, -0.25) is 0 Å². The number of benzene rings is 4. The summed E-state index contributed by atoms with van der Waals surface area (Å²) in [5.74, 6) is 0.641. The minimum atomic E-state index is -4.42. The Morgan fingerprint density at radius 1 is 0.447 bits per heavy atom. The third-order valence-corrected chi connectivity index (χ3v) is 18.9. The van der Waals surface area contributed by atoms with E-state index in [1.807, 2.05) is 102 Å². The number of phenols is 5. The van der Waals surface area contributed by atoms with Crippen LogP contribution < -0.4 is 0 Å². The second-order valence-electron chi connectivity index (χ2n) is 7.86. The molecule has 0 radical (unpaired) electrons. The van der Waals surface area contributed by atoms with Crippen LogP contribution in [0, 0.1) is 42.8 Å². The zero-order chi connectivity index (χ0) is 36.9. The number of hydrogen-bond acceptors (Lipinski definition) is 5. The average molecular weight is 2080 g/mol. The fourth-order valence-corrected chi connectivity index (χ4v) is 17.1. The van der Waals surface area contributed by atoms with Crippen LogP contribution in [0.5, 0.6) is 28.7 Å². The van der Waals surface area contributed by atoms with E-state index in [0.717, 1.165) is 33.0 Å². The zero-order valence-corrected chi connectivity index (χ0v) is 49.7. The maximum atomic E-state index is 12.5. The van der Waals surface area contributed by atoms with E-state index in [2.05, 4.69) is 129 Å². The van der Waals surface area contributed by atoms with Crippen LogP contribution in [-0.4, -0.2) is 25.5 Å². The lowest BCUT2D eigenvalue weighted by Gasteiger charge is -2.13. The van der Waals surface area contributed by atoms with Gasteiger partial charge in [0.25, 0.3) is 0 Å². The molecule has 0 aliphatic heterocycles. The molecule has 0 bridgehead atoms. The van der Waals surface area contributed by atoms with Gasteiger partial charge in [-0.15, -0.1) is 0 Å². The van der Waals surface area contributed by atoms with Crippen LogP contribution in [0.4, 0.5) is 13.2 Å². The van der Waals surface area contributed by atoms with Crippen molar-refractivity contribution in [1.29, 1.82) is 0 Å². The first-order chi connectivity index (χ1) is 21.4. The van der Waals surface area contributed by atoms with Gasteiger partial charge < -0.3 is 25.5 Å². The first-order valence-electron chi connectivity index (χ1n) is 10.9. The topological polar surface area (TPSA) is 101 Å². The van der Waals surface area contributed by atoms with E-state index in [1.165, 1.54) is 28.7 Å². The lowest BCUT2D eigenvalue weighted by Crippen LogP contribution is -2.10. The van der Waals surface area contributed by atoms with Crippen molar-refractivity contribution in [1.82, 2.24) is 0 Å². The fraction of sp³-hybridized carbons (Fsp3) is 0.0400. The van der Waals surface area contributed by atoms with E-state index in [0.29, 0.717) is 17.9 Å². The minimum absolute atomic E-state index is 0.0988. The molecule has 0 fully saturated rings. The lowest BCUT2D eigenvalue weighted by molar-refractivity contribution is -0.139. The highest BCUT2D eigenvalue weighted by Gasteiger charge is 2.37. The summed E-state index contributed by atoms with van der Waals surface area (Å²) in [6.07, 6.45) is -4.42. The largest absolute Gasteiger partial charge is 0.506 e. The molecule has 4 aromatic rings. The second kappa shape index (κ2) is 22.8. The molecular weight excluding hydrogens is 2080 g/mol. The van der Waals surface area contributed by atoms with Gasteiger partial charge in [-0.25, -0.2) is 0 Å². The van der Waals surface area contributed by atoms with E-state index < -0.39 is 11.7 Å². The van der Waals surface area contributed by atoms with Gasteiger partial charge in [-0.1, -0.05) is 11.6 Å². The van der Waals surface area contributed by atoms with Crippen molar-refractivity contribution < 1.29 is 38.7 Å². The number of phenolic OH excluding ortho intramolecular Hbond substituents is 5. The average Bonchev–Trinajstić information content (AvgIpc) is 2.98. The predicted molar refractivity (Wildman–Crippen MR) is 284 cm³/mol. The first kappa shape index (κ1) is 50.2. The minimum Gasteiger partial charge on any atom is -0.506 e. The standard InChI is InChI=1S/C7H2F3I3O.C6H2BrI3O.C6H2ClI3O.C6H3I3O2/c8-7(9,10)4-2(11)1-3(12)6(14)5(4)13;2*7-4-2(8)1-3(9)6(11)5(4)10;7-2-1-3(8)6(11)4(9)5(2)10/h1,14H;2*1,11H;1,10-11H. The number of alkyl halides is 3.